The second kappa shape index (κ2) is 8.39. The molecule has 0 aliphatic carbocycles. The molecule has 0 spiro atoms. The Morgan fingerprint density at radius 2 is 1.85 bits per heavy atom. The lowest BCUT2D eigenvalue weighted by atomic mass is 10.1. The van der Waals surface area contributed by atoms with Gasteiger partial charge in [-0.3, -0.25) is 10.2 Å². The molecule has 0 aromatic heterocycles. The Bertz CT molecular complexity index is 993. The van der Waals surface area contributed by atoms with Gasteiger partial charge < -0.3 is 4.74 Å². The van der Waals surface area contributed by atoms with Crippen LogP contribution in [0.5, 0.6) is 5.75 Å². The van der Waals surface area contributed by atoms with Gasteiger partial charge in [-0.15, -0.1) is 4.83 Å². The zero-order valence-corrected chi connectivity index (χ0v) is 16.5. The van der Waals surface area contributed by atoms with E-state index in [9.17, 15) is 13.2 Å². The summed E-state index contributed by atoms with van der Waals surface area (Å²) in [5.41, 5.74) is 3.82. The maximum absolute atomic E-state index is 12.2. The molecule has 2 aromatic rings. The maximum Gasteiger partial charge on any atom is 0.275 e. The molecule has 0 bridgehead atoms. The molecule has 2 aromatic carbocycles. The topological polar surface area (TPSA) is 108 Å². The summed E-state index contributed by atoms with van der Waals surface area (Å²) in [4.78, 5) is 14.1. The molecule has 9 heteroatoms. The van der Waals surface area contributed by atoms with Crippen LogP contribution in [0.3, 0.4) is 0 Å². The minimum absolute atomic E-state index is 0.139. The van der Waals surface area contributed by atoms with E-state index >= 15 is 0 Å². The van der Waals surface area contributed by atoms with Crippen LogP contribution in [0.15, 0.2) is 41.3 Å². The third-order valence-electron chi connectivity index (χ3n) is 3.67. The van der Waals surface area contributed by atoms with Crippen molar-refractivity contribution in [1.82, 2.24) is 10.3 Å². The fraction of sp³-hybridized carbons (Fsp3) is 0.222. The van der Waals surface area contributed by atoms with Crippen LogP contribution in [-0.2, 0) is 14.8 Å². The molecule has 2 N–H and O–H groups in total. The van der Waals surface area contributed by atoms with Crippen LogP contribution in [0.2, 0.25) is 5.02 Å². The predicted molar refractivity (Wildman–Crippen MR) is 101 cm³/mol. The lowest BCUT2D eigenvalue weighted by Crippen LogP contribution is -2.47. The summed E-state index contributed by atoms with van der Waals surface area (Å²) < 4.78 is 30.1. The lowest BCUT2D eigenvalue weighted by molar-refractivity contribution is -0.127. The van der Waals surface area contributed by atoms with Crippen LogP contribution in [0.1, 0.15) is 23.6 Å². The van der Waals surface area contributed by atoms with Crippen molar-refractivity contribution < 1.29 is 17.9 Å². The Morgan fingerprint density at radius 1 is 1.22 bits per heavy atom. The van der Waals surface area contributed by atoms with E-state index < -0.39 is 22.0 Å². The normalized spacial score (nSPS) is 12.1. The Labute approximate surface area is 162 Å². The molecular formula is C18H18ClN3O4S. The number of carbonyl (C=O) groups is 1. The number of aryl methyl sites for hydroxylation is 2. The van der Waals surface area contributed by atoms with Crippen LogP contribution in [0, 0.1) is 25.2 Å². The first kappa shape index (κ1) is 20.7. The van der Waals surface area contributed by atoms with Crippen LogP contribution < -0.4 is 15.0 Å². The van der Waals surface area contributed by atoms with E-state index in [1.807, 2.05) is 10.9 Å². The molecule has 1 amide bonds. The number of benzene rings is 2. The highest BCUT2D eigenvalue weighted by Gasteiger charge is 2.21. The number of ether oxygens (including phenoxy) is 1. The lowest BCUT2D eigenvalue weighted by Gasteiger charge is -2.18. The average Bonchev–Trinajstić information content (AvgIpc) is 2.62. The van der Waals surface area contributed by atoms with E-state index in [0.29, 0.717) is 10.8 Å². The fourth-order valence-corrected chi connectivity index (χ4v) is 3.54. The molecule has 2 rings (SSSR count). The van der Waals surface area contributed by atoms with Gasteiger partial charge in [0.1, 0.15) is 5.75 Å². The van der Waals surface area contributed by atoms with Crippen LogP contribution in [-0.4, -0.2) is 20.4 Å². The molecule has 0 aliphatic heterocycles. The number of amides is 1. The first-order chi connectivity index (χ1) is 12.6. The summed E-state index contributed by atoms with van der Waals surface area (Å²) in [6, 6.07) is 10.7. The summed E-state index contributed by atoms with van der Waals surface area (Å²) in [6.07, 6.45) is -0.961. The highest BCUT2D eigenvalue weighted by molar-refractivity contribution is 7.89. The standard InChI is InChI=1S/C18H18ClN3O4S/c1-11-7-15(19)8-12(2)17(11)26-13(3)18(23)21-22-27(24,25)16-6-4-5-14(9-16)10-20/h4-9,13,22H,1-3H3,(H,21,23)/t13-/m0/s1. The first-order valence-electron chi connectivity index (χ1n) is 7.89. The summed E-state index contributed by atoms with van der Waals surface area (Å²) in [5, 5.41) is 9.42. The van der Waals surface area contributed by atoms with E-state index in [4.69, 9.17) is 21.6 Å². The van der Waals surface area contributed by atoms with Crippen molar-refractivity contribution in [3.8, 4) is 11.8 Å². The van der Waals surface area contributed by atoms with Crippen molar-refractivity contribution in [1.29, 1.82) is 5.26 Å². The minimum Gasteiger partial charge on any atom is -0.480 e. The largest absolute Gasteiger partial charge is 0.480 e. The van der Waals surface area contributed by atoms with Gasteiger partial charge in [0.05, 0.1) is 16.5 Å². The quantitative estimate of drug-likeness (QED) is 0.715. The van der Waals surface area contributed by atoms with Crippen molar-refractivity contribution >= 4 is 27.5 Å². The monoisotopic (exact) mass is 407 g/mol. The maximum atomic E-state index is 12.2. The number of nitrogens with zero attached hydrogens (tertiary/aromatic N) is 1. The number of hydrogen-bond acceptors (Lipinski definition) is 5. The third-order valence-corrected chi connectivity index (χ3v) is 5.13. The molecule has 7 nitrogen and oxygen atoms in total. The van der Waals surface area contributed by atoms with Crippen molar-refractivity contribution in [2.24, 2.45) is 0 Å². The number of nitriles is 1. The van der Waals surface area contributed by atoms with Gasteiger partial charge in [0.2, 0.25) is 0 Å². The Hall–Kier alpha value is -2.60. The van der Waals surface area contributed by atoms with Crippen LogP contribution in [0.4, 0.5) is 0 Å². The summed E-state index contributed by atoms with van der Waals surface area (Å²) in [5.74, 6) is -0.171. The van der Waals surface area contributed by atoms with Crippen molar-refractivity contribution in [3.63, 3.8) is 0 Å². The second-order valence-electron chi connectivity index (χ2n) is 5.86. The van der Waals surface area contributed by atoms with Gasteiger partial charge in [-0.1, -0.05) is 17.7 Å². The molecule has 0 fully saturated rings. The molecule has 0 aliphatic rings. The summed E-state index contributed by atoms with van der Waals surface area (Å²) >= 11 is 5.97. The number of sulfonamides is 1. The zero-order chi connectivity index (χ0) is 20.2. The zero-order valence-electron chi connectivity index (χ0n) is 14.9. The number of carbonyl (C=O) groups excluding carboxylic acids is 1. The highest BCUT2D eigenvalue weighted by atomic mass is 35.5. The van der Waals surface area contributed by atoms with Crippen molar-refractivity contribution in [2.45, 2.75) is 31.8 Å². The van der Waals surface area contributed by atoms with E-state index in [-0.39, 0.29) is 10.5 Å². The molecule has 0 radical (unpaired) electrons. The van der Waals surface area contributed by atoms with Gasteiger partial charge in [-0.25, -0.2) is 8.42 Å². The van der Waals surface area contributed by atoms with Gasteiger partial charge in [-0.05, 0) is 62.2 Å². The minimum atomic E-state index is -4.02. The van der Waals surface area contributed by atoms with Crippen molar-refractivity contribution in [3.05, 3.63) is 58.1 Å². The van der Waals surface area contributed by atoms with Gasteiger partial charge in [0.15, 0.2) is 6.10 Å². The highest BCUT2D eigenvalue weighted by Crippen LogP contribution is 2.27. The summed E-state index contributed by atoms with van der Waals surface area (Å²) in [7, 11) is -4.02. The Balaban J connectivity index is 2.05. The molecule has 0 unspecified atom stereocenters. The first-order valence-corrected chi connectivity index (χ1v) is 9.75. The van der Waals surface area contributed by atoms with Crippen LogP contribution in [0.25, 0.3) is 0 Å². The van der Waals surface area contributed by atoms with Gasteiger partial charge in [-0.2, -0.15) is 5.26 Å². The second-order valence-corrected chi connectivity index (χ2v) is 7.98. The predicted octanol–water partition coefficient (Wildman–Crippen LogP) is 2.61. The third kappa shape index (κ3) is 5.20. The van der Waals surface area contributed by atoms with Crippen LogP contribution >= 0.6 is 11.6 Å². The number of halogens is 1. The van der Waals surface area contributed by atoms with E-state index in [2.05, 4.69) is 5.43 Å². The molecule has 0 saturated carbocycles. The fourth-order valence-electron chi connectivity index (χ4n) is 2.32. The van der Waals surface area contributed by atoms with Gasteiger partial charge in [0, 0.05) is 5.02 Å². The molecule has 0 saturated heterocycles. The Morgan fingerprint density at radius 3 is 2.44 bits per heavy atom. The Kier molecular flexibility index (Phi) is 6.44. The SMILES string of the molecule is Cc1cc(Cl)cc(C)c1O[C@@H](C)C(=O)NNS(=O)(=O)c1cccc(C#N)c1. The van der Waals surface area contributed by atoms with Gasteiger partial charge >= 0.3 is 0 Å². The smallest absolute Gasteiger partial charge is 0.275 e. The molecule has 1 atom stereocenters. The van der Waals surface area contributed by atoms with E-state index in [1.165, 1.54) is 31.2 Å². The van der Waals surface area contributed by atoms with Crippen molar-refractivity contribution in [2.75, 3.05) is 0 Å². The molecular weight excluding hydrogens is 390 g/mol. The van der Waals surface area contributed by atoms with E-state index in [1.54, 1.807) is 26.0 Å². The average molecular weight is 408 g/mol. The number of hydrazine groups is 1. The molecule has 0 heterocycles. The number of hydrogen-bond donors (Lipinski definition) is 2. The molecule has 27 heavy (non-hydrogen) atoms. The number of nitrogens with one attached hydrogen (secondary N) is 2. The van der Waals surface area contributed by atoms with E-state index in [0.717, 1.165) is 11.1 Å². The molecule has 142 valence electrons. The van der Waals surface area contributed by atoms with Gasteiger partial charge in [0.25, 0.3) is 15.9 Å². The summed E-state index contributed by atoms with van der Waals surface area (Å²) in [6.45, 7) is 5.08. The number of rotatable bonds is 6.